The number of likely N-dealkylation sites (tertiary alicyclic amines) is 1. The highest BCUT2D eigenvalue weighted by Gasteiger charge is 2.49. The molecule has 0 radical (unpaired) electrons. The molecule has 22 heavy (non-hydrogen) atoms. The minimum absolute atomic E-state index is 0.327. The summed E-state index contributed by atoms with van der Waals surface area (Å²) < 4.78 is 0. The molecule has 0 aromatic heterocycles. The van der Waals surface area contributed by atoms with Crippen molar-refractivity contribution >= 4 is 0 Å². The lowest BCUT2D eigenvalue weighted by Gasteiger charge is -2.57. The predicted molar refractivity (Wildman–Crippen MR) is 94.3 cm³/mol. The van der Waals surface area contributed by atoms with Gasteiger partial charge in [-0.1, -0.05) is 12.8 Å². The Morgan fingerprint density at radius 3 is 1.82 bits per heavy atom. The molecule has 2 heterocycles. The SMILES string of the molecule is CC(C)(C)N1CCN(CC(C)(C)N2CC3(CCCC3)C2)CC1. The third-order valence-corrected chi connectivity index (χ3v) is 6.50. The van der Waals surface area contributed by atoms with Gasteiger partial charge in [-0.3, -0.25) is 14.7 Å². The molecule has 128 valence electrons. The molecular formula is C19H37N3. The van der Waals surface area contributed by atoms with Gasteiger partial charge in [0.1, 0.15) is 0 Å². The molecule has 1 saturated carbocycles. The number of rotatable bonds is 3. The van der Waals surface area contributed by atoms with Gasteiger partial charge in [-0.2, -0.15) is 0 Å². The average Bonchev–Trinajstić information content (AvgIpc) is 2.85. The Bertz CT molecular complexity index is 374. The van der Waals surface area contributed by atoms with Crippen LogP contribution in [0.25, 0.3) is 0 Å². The minimum atomic E-state index is 0.327. The van der Waals surface area contributed by atoms with E-state index in [0.717, 1.165) is 5.41 Å². The largest absolute Gasteiger partial charge is 0.299 e. The minimum Gasteiger partial charge on any atom is -0.299 e. The fourth-order valence-electron chi connectivity index (χ4n) is 4.86. The highest BCUT2D eigenvalue weighted by atomic mass is 15.3. The van der Waals surface area contributed by atoms with Crippen molar-refractivity contribution in [1.29, 1.82) is 0 Å². The smallest absolute Gasteiger partial charge is 0.0280 e. The van der Waals surface area contributed by atoms with Gasteiger partial charge in [-0.05, 0) is 52.9 Å². The van der Waals surface area contributed by atoms with Gasteiger partial charge in [0.05, 0.1) is 0 Å². The molecule has 0 N–H and O–H groups in total. The van der Waals surface area contributed by atoms with E-state index in [1.165, 1.54) is 71.5 Å². The molecule has 3 nitrogen and oxygen atoms in total. The van der Waals surface area contributed by atoms with E-state index in [9.17, 15) is 0 Å². The van der Waals surface area contributed by atoms with Gasteiger partial charge in [0, 0.05) is 56.9 Å². The van der Waals surface area contributed by atoms with Gasteiger partial charge in [-0.15, -0.1) is 0 Å². The lowest BCUT2D eigenvalue weighted by Crippen LogP contribution is -2.66. The van der Waals surface area contributed by atoms with E-state index in [4.69, 9.17) is 0 Å². The van der Waals surface area contributed by atoms with Crippen LogP contribution in [0.3, 0.4) is 0 Å². The van der Waals surface area contributed by atoms with E-state index in [0.29, 0.717) is 11.1 Å². The van der Waals surface area contributed by atoms with E-state index >= 15 is 0 Å². The normalized spacial score (nSPS) is 28.2. The second kappa shape index (κ2) is 5.75. The second-order valence-electron chi connectivity index (χ2n) is 9.81. The van der Waals surface area contributed by atoms with Crippen LogP contribution in [0.4, 0.5) is 0 Å². The Morgan fingerprint density at radius 2 is 1.32 bits per heavy atom. The molecule has 3 rings (SSSR count). The molecule has 2 aliphatic heterocycles. The summed E-state index contributed by atoms with van der Waals surface area (Å²) in [6.07, 6.45) is 5.93. The van der Waals surface area contributed by atoms with Crippen molar-refractivity contribution in [3.63, 3.8) is 0 Å². The maximum Gasteiger partial charge on any atom is 0.0280 e. The van der Waals surface area contributed by atoms with Crippen molar-refractivity contribution in [3.8, 4) is 0 Å². The van der Waals surface area contributed by atoms with E-state index in [1.807, 2.05) is 0 Å². The summed E-state index contributed by atoms with van der Waals surface area (Å²) in [7, 11) is 0. The standard InChI is InChI=1S/C19H37N3/c1-17(2,3)21-12-10-20(11-13-21)14-18(4,5)22-15-19(16-22)8-6-7-9-19/h6-16H2,1-5H3. The zero-order chi connectivity index (χ0) is 16.0. The number of piperazine rings is 1. The monoisotopic (exact) mass is 307 g/mol. The van der Waals surface area contributed by atoms with Gasteiger partial charge in [0.15, 0.2) is 0 Å². The lowest BCUT2D eigenvalue weighted by molar-refractivity contribution is -0.0773. The van der Waals surface area contributed by atoms with E-state index < -0.39 is 0 Å². The molecule has 3 aliphatic rings. The summed E-state index contributed by atoms with van der Waals surface area (Å²) >= 11 is 0. The summed E-state index contributed by atoms with van der Waals surface area (Å²) in [6, 6.07) is 0. The Kier molecular flexibility index (Phi) is 4.37. The van der Waals surface area contributed by atoms with Gasteiger partial charge in [0.25, 0.3) is 0 Å². The molecule has 3 fully saturated rings. The third kappa shape index (κ3) is 3.37. The van der Waals surface area contributed by atoms with Crippen LogP contribution in [-0.2, 0) is 0 Å². The summed E-state index contributed by atoms with van der Waals surface area (Å²) in [5, 5.41) is 0. The highest BCUT2D eigenvalue weighted by Crippen LogP contribution is 2.47. The summed E-state index contributed by atoms with van der Waals surface area (Å²) in [5.74, 6) is 0. The first-order valence-corrected chi connectivity index (χ1v) is 9.43. The zero-order valence-corrected chi connectivity index (χ0v) is 15.6. The molecule has 2 saturated heterocycles. The molecule has 1 aliphatic carbocycles. The van der Waals surface area contributed by atoms with E-state index in [-0.39, 0.29) is 0 Å². The molecule has 0 bridgehead atoms. The van der Waals surface area contributed by atoms with Crippen LogP contribution in [0.15, 0.2) is 0 Å². The molecule has 1 spiro atoms. The number of hydrogen-bond donors (Lipinski definition) is 0. The van der Waals surface area contributed by atoms with Crippen LogP contribution in [0.1, 0.15) is 60.3 Å². The van der Waals surface area contributed by atoms with Gasteiger partial charge >= 0.3 is 0 Å². The van der Waals surface area contributed by atoms with Crippen LogP contribution >= 0.6 is 0 Å². The van der Waals surface area contributed by atoms with Crippen LogP contribution < -0.4 is 0 Å². The molecule has 0 aromatic carbocycles. The Morgan fingerprint density at radius 1 is 0.773 bits per heavy atom. The van der Waals surface area contributed by atoms with Crippen molar-refractivity contribution in [1.82, 2.24) is 14.7 Å². The van der Waals surface area contributed by atoms with Gasteiger partial charge in [0.2, 0.25) is 0 Å². The molecule has 0 aromatic rings. The summed E-state index contributed by atoms with van der Waals surface area (Å²) in [5.41, 5.74) is 1.40. The number of hydrogen-bond acceptors (Lipinski definition) is 3. The van der Waals surface area contributed by atoms with Crippen molar-refractivity contribution in [3.05, 3.63) is 0 Å². The quantitative estimate of drug-likeness (QED) is 0.793. The molecule has 3 heteroatoms. The lowest BCUT2D eigenvalue weighted by atomic mass is 9.75. The molecule has 0 amide bonds. The number of nitrogens with zero attached hydrogens (tertiary/aromatic N) is 3. The Labute approximate surface area is 138 Å². The van der Waals surface area contributed by atoms with Crippen molar-refractivity contribution in [2.75, 3.05) is 45.8 Å². The zero-order valence-electron chi connectivity index (χ0n) is 15.6. The second-order valence-corrected chi connectivity index (χ2v) is 9.81. The van der Waals surface area contributed by atoms with E-state index in [2.05, 4.69) is 49.3 Å². The maximum absolute atomic E-state index is 2.76. The average molecular weight is 308 g/mol. The Hall–Kier alpha value is -0.120. The van der Waals surface area contributed by atoms with E-state index in [1.54, 1.807) is 0 Å². The molecular weight excluding hydrogens is 270 g/mol. The van der Waals surface area contributed by atoms with Crippen molar-refractivity contribution in [2.24, 2.45) is 5.41 Å². The summed E-state index contributed by atoms with van der Waals surface area (Å²) in [6.45, 7) is 20.8. The van der Waals surface area contributed by atoms with Gasteiger partial charge in [-0.25, -0.2) is 0 Å². The van der Waals surface area contributed by atoms with Crippen LogP contribution in [0, 0.1) is 5.41 Å². The first-order chi connectivity index (χ1) is 10.2. The summed E-state index contributed by atoms with van der Waals surface area (Å²) in [4.78, 5) is 8.09. The van der Waals surface area contributed by atoms with Crippen LogP contribution in [-0.4, -0.2) is 71.6 Å². The molecule has 0 atom stereocenters. The maximum atomic E-state index is 2.76. The fourth-order valence-corrected chi connectivity index (χ4v) is 4.86. The first-order valence-electron chi connectivity index (χ1n) is 9.43. The van der Waals surface area contributed by atoms with Gasteiger partial charge < -0.3 is 0 Å². The van der Waals surface area contributed by atoms with Crippen LogP contribution in [0.5, 0.6) is 0 Å². The molecule has 0 unspecified atom stereocenters. The van der Waals surface area contributed by atoms with Crippen molar-refractivity contribution in [2.45, 2.75) is 71.4 Å². The van der Waals surface area contributed by atoms with Crippen molar-refractivity contribution < 1.29 is 0 Å². The highest BCUT2D eigenvalue weighted by molar-refractivity contribution is 5.03. The van der Waals surface area contributed by atoms with Crippen LogP contribution in [0.2, 0.25) is 0 Å². The fraction of sp³-hybridized carbons (Fsp3) is 1.00. The third-order valence-electron chi connectivity index (χ3n) is 6.50. The predicted octanol–water partition coefficient (Wildman–Crippen LogP) is 3.06. The Balaban J connectivity index is 1.47. The topological polar surface area (TPSA) is 9.72 Å². The first kappa shape index (κ1) is 16.7.